The van der Waals surface area contributed by atoms with E-state index >= 15 is 0 Å². The molecule has 0 amide bonds. The highest BCUT2D eigenvalue weighted by Crippen LogP contribution is 2.43. The molecule has 54 heavy (non-hydrogen) atoms. The van der Waals surface area contributed by atoms with Crippen molar-refractivity contribution >= 4 is 13.8 Å². The second-order valence-corrected chi connectivity index (χ2v) is 14.6. The number of phosphoric acid groups is 1. The molecule has 9 heteroatoms. The zero-order chi connectivity index (χ0) is 39.5. The molecule has 0 radical (unpaired) electrons. The first-order valence-electron chi connectivity index (χ1n) is 20.7. The second-order valence-electron chi connectivity index (χ2n) is 13.1. The molecular formula is C45H76NO7P. The Balaban J connectivity index is 4.19. The van der Waals surface area contributed by atoms with Crippen LogP contribution in [0.2, 0.25) is 0 Å². The van der Waals surface area contributed by atoms with Crippen LogP contribution in [-0.4, -0.2) is 49.9 Å². The fourth-order valence-corrected chi connectivity index (χ4v) is 5.74. The minimum Gasteiger partial charge on any atom is -0.457 e. The quantitative estimate of drug-likeness (QED) is 0.0276. The molecule has 0 aromatic rings. The molecule has 0 aromatic carbocycles. The van der Waals surface area contributed by atoms with Crippen LogP contribution in [0.1, 0.15) is 142 Å². The lowest BCUT2D eigenvalue weighted by Crippen LogP contribution is -2.28. The van der Waals surface area contributed by atoms with Gasteiger partial charge in [-0.25, -0.2) is 4.57 Å². The Bertz CT molecular complexity index is 1140. The van der Waals surface area contributed by atoms with Crippen LogP contribution in [0.3, 0.4) is 0 Å². The van der Waals surface area contributed by atoms with Gasteiger partial charge in [0.1, 0.15) is 6.10 Å². The number of esters is 1. The van der Waals surface area contributed by atoms with E-state index in [9.17, 15) is 14.3 Å². The average molecular weight is 774 g/mol. The number of carbonyl (C=O) groups excluding carboxylic acids is 1. The number of carbonyl (C=O) groups is 1. The van der Waals surface area contributed by atoms with Crippen molar-refractivity contribution in [3.63, 3.8) is 0 Å². The number of rotatable bonds is 38. The molecule has 0 aromatic heterocycles. The number of allylic oxidation sites excluding steroid dienone is 16. The highest BCUT2D eigenvalue weighted by atomic mass is 31.2. The predicted octanol–water partition coefficient (Wildman–Crippen LogP) is 12.3. The van der Waals surface area contributed by atoms with Crippen LogP contribution >= 0.6 is 7.82 Å². The van der Waals surface area contributed by atoms with Gasteiger partial charge in [-0.05, 0) is 89.9 Å². The topological polar surface area (TPSA) is 117 Å². The van der Waals surface area contributed by atoms with Gasteiger partial charge in [-0.3, -0.25) is 13.8 Å². The van der Waals surface area contributed by atoms with Crippen LogP contribution in [0.5, 0.6) is 0 Å². The largest absolute Gasteiger partial charge is 0.472 e. The predicted molar refractivity (Wildman–Crippen MR) is 228 cm³/mol. The number of phosphoric ester groups is 1. The number of nitrogens with two attached hydrogens (primary N) is 1. The van der Waals surface area contributed by atoms with Crippen molar-refractivity contribution in [3.8, 4) is 0 Å². The van der Waals surface area contributed by atoms with Gasteiger partial charge >= 0.3 is 13.8 Å². The van der Waals surface area contributed by atoms with Gasteiger partial charge in [-0.15, -0.1) is 0 Å². The van der Waals surface area contributed by atoms with Crippen LogP contribution in [-0.2, 0) is 27.9 Å². The van der Waals surface area contributed by atoms with Gasteiger partial charge in [-0.2, -0.15) is 0 Å². The number of unbranched alkanes of at least 4 members (excludes halogenated alkanes) is 9. The van der Waals surface area contributed by atoms with Crippen molar-refractivity contribution in [1.29, 1.82) is 0 Å². The van der Waals surface area contributed by atoms with Gasteiger partial charge in [0.25, 0.3) is 0 Å². The second kappa shape index (κ2) is 41.6. The van der Waals surface area contributed by atoms with E-state index < -0.39 is 13.9 Å². The molecule has 0 aliphatic carbocycles. The van der Waals surface area contributed by atoms with E-state index in [0.717, 1.165) is 89.9 Å². The van der Waals surface area contributed by atoms with Crippen LogP contribution in [0.25, 0.3) is 0 Å². The first-order valence-corrected chi connectivity index (χ1v) is 22.2. The molecular weight excluding hydrogens is 697 g/mol. The van der Waals surface area contributed by atoms with Crippen molar-refractivity contribution in [3.05, 3.63) is 97.2 Å². The standard InChI is InChI=1S/C45H76NO7P/c1-3-5-7-9-11-13-15-17-19-20-21-22-23-24-25-26-28-30-32-34-36-38-45(47)53-44(43-52-54(48,49)51-41-39-46)42-50-40-37-35-33-31-29-27-18-16-14-12-10-8-6-4-2/h5,7-8,10-11,13-14,16-17,19,21-22,24-25,28,30,44H,3-4,6,9,12,15,18,20,23,26-27,29,31-43,46H2,1-2H3,(H,48,49)/b7-5-,10-8-,13-11-,16-14-,19-17-,22-21-,25-24-,30-28-. The molecule has 0 bridgehead atoms. The van der Waals surface area contributed by atoms with Gasteiger partial charge in [0, 0.05) is 19.6 Å². The minimum absolute atomic E-state index is 0.0845. The highest BCUT2D eigenvalue weighted by molar-refractivity contribution is 7.47. The van der Waals surface area contributed by atoms with E-state index in [1.165, 1.54) is 25.7 Å². The molecule has 0 saturated heterocycles. The van der Waals surface area contributed by atoms with Crippen molar-refractivity contribution in [2.75, 3.05) is 33.0 Å². The third-order valence-corrected chi connectivity index (χ3v) is 8.95. The molecule has 0 heterocycles. The SMILES string of the molecule is CC/C=C\C/C=C\C/C=C\C/C=C\C/C=C\C/C=C\CCCCC(=O)OC(COCCCCCCCC/C=C\C/C=C\CCC)COP(=O)(O)OCCN. The molecule has 0 aliphatic rings. The van der Waals surface area contributed by atoms with Gasteiger partial charge in [0.2, 0.25) is 0 Å². The maximum absolute atomic E-state index is 12.6. The first kappa shape index (κ1) is 51.4. The summed E-state index contributed by atoms with van der Waals surface area (Å²) in [5, 5.41) is 0. The fraction of sp³-hybridized carbons (Fsp3) is 0.622. The average Bonchev–Trinajstić information content (AvgIpc) is 3.16. The Morgan fingerprint density at radius 3 is 1.56 bits per heavy atom. The van der Waals surface area contributed by atoms with Crippen molar-refractivity contribution in [2.24, 2.45) is 5.73 Å². The molecule has 3 N–H and O–H groups in total. The van der Waals surface area contributed by atoms with E-state index in [-0.39, 0.29) is 38.8 Å². The monoisotopic (exact) mass is 774 g/mol. The molecule has 0 aliphatic heterocycles. The molecule has 2 unspecified atom stereocenters. The Morgan fingerprint density at radius 1 is 0.574 bits per heavy atom. The summed E-state index contributed by atoms with van der Waals surface area (Å²) in [4.78, 5) is 22.4. The Kier molecular flexibility index (Phi) is 39.6. The normalized spacial score (nSPS) is 14.5. The molecule has 8 nitrogen and oxygen atoms in total. The number of ether oxygens (including phenoxy) is 2. The van der Waals surface area contributed by atoms with Gasteiger partial charge in [0.15, 0.2) is 0 Å². The lowest BCUT2D eigenvalue weighted by atomic mass is 10.1. The fourth-order valence-electron chi connectivity index (χ4n) is 4.98. The molecule has 308 valence electrons. The van der Waals surface area contributed by atoms with Crippen molar-refractivity contribution in [1.82, 2.24) is 0 Å². The maximum Gasteiger partial charge on any atom is 0.472 e. The van der Waals surface area contributed by atoms with E-state index in [4.69, 9.17) is 24.3 Å². The summed E-state index contributed by atoms with van der Waals surface area (Å²) in [6, 6.07) is 0. The van der Waals surface area contributed by atoms with Crippen LogP contribution in [0.4, 0.5) is 0 Å². The highest BCUT2D eigenvalue weighted by Gasteiger charge is 2.25. The first-order chi connectivity index (χ1) is 26.4. The summed E-state index contributed by atoms with van der Waals surface area (Å²) in [6.07, 6.45) is 54.2. The van der Waals surface area contributed by atoms with E-state index in [0.29, 0.717) is 13.0 Å². The zero-order valence-electron chi connectivity index (χ0n) is 33.9. The maximum atomic E-state index is 12.6. The van der Waals surface area contributed by atoms with Crippen molar-refractivity contribution in [2.45, 2.75) is 148 Å². The van der Waals surface area contributed by atoms with Crippen LogP contribution < -0.4 is 5.73 Å². The smallest absolute Gasteiger partial charge is 0.457 e. The summed E-state index contributed by atoms with van der Waals surface area (Å²) in [6.45, 7) is 4.62. The molecule has 0 saturated carbocycles. The summed E-state index contributed by atoms with van der Waals surface area (Å²) >= 11 is 0. The molecule has 0 rings (SSSR count). The minimum atomic E-state index is -4.30. The van der Waals surface area contributed by atoms with Gasteiger partial charge < -0.3 is 20.1 Å². The van der Waals surface area contributed by atoms with Crippen molar-refractivity contribution < 1.29 is 32.8 Å². The molecule has 2 atom stereocenters. The van der Waals surface area contributed by atoms with Gasteiger partial charge in [-0.1, -0.05) is 143 Å². The van der Waals surface area contributed by atoms with Gasteiger partial charge in [0.05, 0.1) is 19.8 Å². The Labute approximate surface area is 330 Å². The lowest BCUT2D eigenvalue weighted by molar-refractivity contribution is -0.154. The zero-order valence-corrected chi connectivity index (χ0v) is 34.8. The Hall–Kier alpha value is -2.58. The summed E-state index contributed by atoms with van der Waals surface area (Å²) < 4.78 is 33.3. The van der Waals surface area contributed by atoms with E-state index in [2.05, 4.69) is 111 Å². The number of hydrogen-bond acceptors (Lipinski definition) is 7. The lowest BCUT2D eigenvalue weighted by Gasteiger charge is -2.20. The van der Waals surface area contributed by atoms with Crippen LogP contribution in [0, 0.1) is 0 Å². The molecule has 0 spiro atoms. The Morgan fingerprint density at radius 2 is 1.04 bits per heavy atom. The third-order valence-electron chi connectivity index (χ3n) is 7.97. The summed E-state index contributed by atoms with van der Waals surface area (Å²) in [5.74, 6) is -0.381. The summed E-state index contributed by atoms with van der Waals surface area (Å²) in [7, 11) is -4.30. The number of hydrogen-bond donors (Lipinski definition) is 2. The molecule has 0 fully saturated rings. The summed E-state index contributed by atoms with van der Waals surface area (Å²) in [5.41, 5.74) is 5.36. The van der Waals surface area contributed by atoms with Crippen LogP contribution in [0.15, 0.2) is 97.2 Å². The van der Waals surface area contributed by atoms with E-state index in [1.807, 2.05) is 0 Å². The van der Waals surface area contributed by atoms with E-state index in [1.54, 1.807) is 0 Å². The third kappa shape index (κ3) is 40.6.